The standard InChI is InChI=1S/C24H39NO4/c1-10-21(20-14-12-13-19(15-20)17(3)4)25-22(26)27-18(5)16-24(8,9)29-28-23(6,7)11-2/h12-15,18,21H,3,10-11,16H2,1-2,4-9H3,(H,25,26). The maximum atomic E-state index is 12.4. The second kappa shape index (κ2) is 10.8. The van der Waals surface area contributed by atoms with Crippen LogP contribution in [0.15, 0.2) is 30.8 Å². The summed E-state index contributed by atoms with van der Waals surface area (Å²) in [6.07, 6.45) is 1.36. The van der Waals surface area contributed by atoms with Crippen LogP contribution in [-0.2, 0) is 14.5 Å². The smallest absolute Gasteiger partial charge is 0.407 e. The first-order valence-corrected chi connectivity index (χ1v) is 10.5. The highest BCUT2D eigenvalue weighted by molar-refractivity contribution is 5.68. The Morgan fingerprint density at radius 2 is 1.76 bits per heavy atom. The Balaban J connectivity index is 2.63. The van der Waals surface area contributed by atoms with Crippen molar-refractivity contribution in [1.29, 1.82) is 0 Å². The number of amides is 1. The molecule has 0 aliphatic carbocycles. The number of hydrogen-bond acceptors (Lipinski definition) is 4. The number of rotatable bonds is 11. The van der Waals surface area contributed by atoms with Crippen molar-refractivity contribution in [2.24, 2.45) is 0 Å². The van der Waals surface area contributed by atoms with Gasteiger partial charge in [-0.25, -0.2) is 14.6 Å². The fourth-order valence-electron chi connectivity index (χ4n) is 2.85. The average Bonchev–Trinajstić information content (AvgIpc) is 2.64. The van der Waals surface area contributed by atoms with E-state index in [0.717, 1.165) is 29.5 Å². The van der Waals surface area contributed by atoms with Crippen LogP contribution in [0, 0.1) is 0 Å². The molecule has 0 heterocycles. The van der Waals surface area contributed by atoms with Crippen LogP contribution in [-0.4, -0.2) is 23.4 Å². The van der Waals surface area contributed by atoms with Crippen molar-refractivity contribution in [1.82, 2.24) is 5.32 Å². The lowest BCUT2D eigenvalue weighted by Crippen LogP contribution is -2.37. The van der Waals surface area contributed by atoms with E-state index in [1.54, 1.807) is 0 Å². The Morgan fingerprint density at radius 3 is 2.31 bits per heavy atom. The molecule has 1 rings (SSSR count). The van der Waals surface area contributed by atoms with Crippen molar-refractivity contribution >= 4 is 11.7 Å². The van der Waals surface area contributed by atoms with Crippen LogP contribution in [0.4, 0.5) is 4.79 Å². The van der Waals surface area contributed by atoms with Crippen LogP contribution in [0.25, 0.3) is 5.57 Å². The fraction of sp³-hybridized carbons (Fsp3) is 0.625. The van der Waals surface area contributed by atoms with Gasteiger partial charge in [0.25, 0.3) is 0 Å². The third-order valence-electron chi connectivity index (χ3n) is 4.91. The van der Waals surface area contributed by atoms with E-state index >= 15 is 0 Å². The number of carbonyl (C=O) groups excluding carboxylic acids is 1. The third kappa shape index (κ3) is 9.01. The lowest BCUT2D eigenvalue weighted by atomic mass is 9.99. The molecule has 5 heteroatoms. The number of hydrogen-bond donors (Lipinski definition) is 1. The normalized spacial score (nSPS) is 14.2. The minimum atomic E-state index is -0.577. The van der Waals surface area contributed by atoms with Crippen molar-refractivity contribution in [3.8, 4) is 0 Å². The number of alkyl carbamates (subject to hydrolysis) is 1. The number of carbonyl (C=O) groups is 1. The van der Waals surface area contributed by atoms with E-state index in [1.807, 2.05) is 73.6 Å². The van der Waals surface area contributed by atoms with E-state index in [0.29, 0.717) is 6.42 Å². The number of allylic oxidation sites excluding steroid dienone is 1. The van der Waals surface area contributed by atoms with Crippen molar-refractivity contribution in [3.63, 3.8) is 0 Å². The quantitative estimate of drug-likeness (QED) is 0.333. The highest BCUT2D eigenvalue weighted by atomic mass is 17.2. The minimum Gasteiger partial charge on any atom is -0.446 e. The number of benzene rings is 1. The summed E-state index contributed by atoms with van der Waals surface area (Å²) in [5, 5.41) is 2.97. The summed E-state index contributed by atoms with van der Waals surface area (Å²) in [5.41, 5.74) is 2.17. The van der Waals surface area contributed by atoms with E-state index in [9.17, 15) is 4.79 Å². The maximum absolute atomic E-state index is 12.4. The molecule has 2 unspecified atom stereocenters. The second-order valence-corrected chi connectivity index (χ2v) is 8.97. The molecule has 1 N–H and O–H groups in total. The van der Waals surface area contributed by atoms with Gasteiger partial charge in [-0.15, -0.1) is 0 Å². The van der Waals surface area contributed by atoms with Crippen molar-refractivity contribution in [2.75, 3.05) is 0 Å². The van der Waals surface area contributed by atoms with Gasteiger partial charge in [-0.1, -0.05) is 44.2 Å². The molecule has 0 aliphatic rings. The molecular formula is C24H39NO4. The fourth-order valence-corrected chi connectivity index (χ4v) is 2.85. The lowest BCUT2D eigenvalue weighted by molar-refractivity contribution is -0.403. The summed E-state index contributed by atoms with van der Waals surface area (Å²) in [6.45, 7) is 19.7. The molecule has 2 atom stereocenters. The molecule has 5 nitrogen and oxygen atoms in total. The summed E-state index contributed by atoms with van der Waals surface area (Å²) >= 11 is 0. The molecular weight excluding hydrogens is 366 g/mol. The van der Waals surface area contributed by atoms with Gasteiger partial charge in [0, 0.05) is 6.42 Å². The molecule has 0 saturated carbocycles. The predicted molar refractivity (Wildman–Crippen MR) is 118 cm³/mol. The molecule has 0 fully saturated rings. The van der Waals surface area contributed by atoms with Crippen LogP contribution in [0.5, 0.6) is 0 Å². The molecule has 1 aromatic carbocycles. The Labute approximate surface area is 176 Å². The van der Waals surface area contributed by atoms with E-state index in [-0.39, 0.29) is 17.7 Å². The molecule has 164 valence electrons. The van der Waals surface area contributed by atoms with Crippen LogP contribution in [0.2, 0.25) is 0 Å². The van der Waals surface area contributed by atoms with Crippen LogP contribution < -0.4 is 5.32 Å². The first-order valence-electron chi connectivity index (χ1n) is 10.5. The summed E-state index contributed by atoms with van der Waals surface area (Å²) in [4.78, 5) is 23.6. The zero-order valence-electron chi connectivity index (χ0n) is 19.4. The van der Waals surface area contributed by atoms with Crippen molar-refractivity contribution in [3.05, 3.63) is 42.0 Å². The molecule has 0 saturated heterocycles. The molecule has 0 aromatic heterocycles. The molecule has 0 bridgehead atoms. The SMILES string of the molecule is C=C(C)c1cccc(C(CC)NC(=O)OC(C)CC(C)(C)OOC(C)(C)CC)c1. The van der Waals surface area contributed by atoms with Gasteiger partial charge in [0.15, 0.2) is 0 Å². The second-order valence-electron chi connectivity index (χ2n) is 8.97. The molecule has 0 aliphatic heterocycles. The molecule has 1 aromatic rings. The Bertz CT molecular complexity index is 681. The van der Waals surface area contributed by atoms with E-state index in [1.165, 1.54) is 0 Å². The zero-order valence-corrected chi connectivity index (χ0v) is 19.4. The predicted octanol–water partition coefficient (Wildman–Crippen LogP) is 6.59. The van der Waals surface area contributed by atoms with E-state index in [2.05, 4.69) is 18.0 Å². The van der Waals surface area contributed by atoms with Gasteiger partial charge in [0.1, 0.15) is 11.7 Å². The molecule has 29 heavy (non-hydrogen) atoms. The minimum absolute atomic E-state index is 0.119. The van der Waals surface area contributed by atoms with Gasteiger partial charge >= 0.3 is 6.09 Å². The third-order valence-corrected chi connectivity index (χ3v) is 4.91. The van der Waals surface area contributed by atoms with Crippen LogP contribution in [0.3, 0.4) is 0 Å². The average molecular weight is 406 g/mol. The topological polar surface area (TPSA) is 56.8 Å². The number of nitrogens with one attached hydrogen (secondary N) is 1. The maximum Gasteiger partial charge on any atom is 0.407 e. The van der Waals surface area contributed by atoms with E-state index in [4.69, 9.17) is 14.5 Å². The Kier molecular flexibility index (Phi) is 9.37. The van der Waals surface area contributed by atoms with Gasteiger partial charge < -0.3 is 10.1 Å². The molecule has 1 amide bonds. The largest absolute Gasteiger partial charge is 0.446 e. The van der Waals surface area contributed by atoms with E-state index < -0.39 is 11.7 Å². The van der Waals surface area contributed by atoms with Crippen molar-refractivity contribution in [2.45, 2.75) is 98.0 Å². The van der Waals surface area contributed by atoms with Crippen LogP contribution >= 0.6 is 0 Å². The molecule has 0 radical (unpaired) electrons. The summed E-state index contributed by atoms with van der Waals surface area (Å²) in [6, 6.07) is 7.95. The highest BCUT2D eigenvalue weighted by Crippen LogP contribution is 2.25. The van der Waals surface area contributed by atoms with Crippen molar-refractivity contribution < 1.29 is 19.3 Å². The number of ether oxygens (including phenoxy) is 1. The van der Waals surface area contributed by atoms with Gasteiger partial charge in [0.05, 0.1) is 11.6 Å². The van der Waals surface area contributed by atoms with Gasteiger partial charge in [-0.05, 0) is 71.6 Å². The van der Waals surface area contributed by atoms with Gasteiger partial charge in [0.2, 0.25) is 0 Å². The van der Waals surface area contributed by atoms with Gasteiger partial charge in [-0.3, -0.25) is 0 Å². The Hall–Kier alpha value is -1.85. The monoisotopic (exact) mass is 405 g/mol. The summed E-state index contributed by atoms with van der Waals surface area (Å²) in [5.74, 6) is 0. The summed E-state index contributed by atoms with van der Waals surface area (Å²) < 4.78 is 5.57. The highest BCUT2D eigenvalue weighted by Gasteiger charge is 2.29. The molecule has 0 spiro atoms. The first kappa shape index (κ1) is 25.2. The first-order chi connectivity index (χ1) is 13.4. The van der Waals surface area contributed by atoms with Crippen LogP contribution in [0.1, 0.15) is 91.8 Å². The zero-order chi connectivity index (χ0) is 22.2. The lowest BCUT2D eigenvalue weighted by Gasteiger charge is -2.31. The Morgan fingerprint density at radius 1 is 1.14 bits per heavy atom. The summed E-state index contributed by atoms with van der Waals surface area (Å²) in [7, 11) is 0. The van der Waals surface area contributed by atoms with Gasteiger partial charge in [-0.2, -0.15) is 0 Å².